The Morgan fingerprint density at radius 3 is 2.35 bits per heavy atom. The highest BCUT2D eigenvalue weighted by atomic mass is 32.2. The van der Waals surface area contributed by atoms with Gasteiger partial charge in [0.15, 0.2) is 0 Å². The molecule has 6 nitrogen and oxygen atoms in total. The standard InChI is InChI=1S/C19H21NO5S/c1-26(22,23)25-18-13-19(21)20(14-18)12-11-15-7-9-17(10-8-15)24-16-5-3-2-4-6-16/h2-10,18H,11-14H2,1H3. The zero-order chi connectivity index (χ0) is 18.6. The van der Waals surface area contributed by atoms with E-state index < -0.39 is 16.2 Å². The van der Waals surface area contributed by atoms with Crippen molar-refractivity contribution in [3.05, 3.63) is 60.2 Å². The van der Waals surface area contributed by atoms with Crippen LogP contribution in [0.15, 0.2) is 54.6 Å². The molecule has 1 heterocycles. The lowest BCUT2D eigenvalue weighted by Crippen LogP contribution is -2.29. The molecule has 2 aromatic carbocycles. The largest absolute Gasteiger partial charge is 0.457 e. The summed E-state index contributed by atoms with van der Waals surface area (Å²) in [4.78, 5) is 13.6. The Balaban J connectivity index is 1.51. The first-order valence-electron chi connectivity index (χ1n) is 8.37. The number of carbonyl (C=O) groups is 1. The lowest BCUT2D eigenvalue weighted by molar-refractivity contribution is -0.127. The average Bonchev–Trinajstić information content (AvgIpc) is 2.92. The highest BCUT2D eigenvalue weighted by Crippen LogP contribution is 2.22. The summed E-state index contributed by atoms with van der Waals surface area (Å²) in [6.45, 7) is 0.836. The summed E-state index contributed by atoms with van der Waals surface area (Å²) < 4.78 is 33.0. The zero-order valence-corrected chi connectivity index (χ0v) is 15.3. The normalized spacial score (nSPS) is 17.5. The van der Waals surface area contributed by atoms with Crippen molar-refractivity contribution < 1.29 is 22.1 Å². The van der Waals surface area contributed by atoms with E-state index in [9.17, 15) is 13.2 Å². The second-order valence-electron chi connectivity index (χ2n) is 6.28. The number of hydrogen-bond donors (Lipinski definition) is 0. The molecule has 1 atom stereocenters. The lowest BCUT2D eigenvalue weighted by Gasteiger charge is -2.16. The van der Waals surface area contributed by atoms with Gasteiger partial charge in [-0.25, -0.2) is 0 Å². The lowest BCUT2D eigenvalue weighted by atomic mass is 10.1. The van der Waals surface area contributed by atoms with Crippen molar-refractivity contribution in [2.75, 3.05) is 19.3 Å². The molecule has 1 saturated heterocycles. The molecule has 26 heavy (non-hydrogen) atoms. The molecule has 7 heteroatoms. The van der Waals surface area contributed by atoms with Gasteiger partial charge in [0.1, 0.15) is 17.6 Å². The number of benzene rings is 2. The Bertz CT molecular complexity index is 849. The van der Waals surface area contributed by atoms with Crippen molar-refractivity contribution in [1.29, 1.82) is 0 Å². The summed E-state index contributed by atoms with van der Waals surface area (Å²) in [5.41, 5.74) is 1.07. The fourth-order valence-corrected chi connectivity index (χ4v) is 3.50. The van der Waals surface area contributed by atoms with Crippen LogP contribution in [0, 0.1) is 0 Å². The van der Waals surface area contributed by atoms with E-state index in [0.717, 1.165) is 23.3 Å². The summed E-state index contributed by atoms with van der Waals surface area (Å²) in [7, 11) is -3.54. The zero-order valence-electron chi connectivity index (χ0n) is 14.5. The first-order chi connectivity index (χ1) is 12.4. The third kappa shape index (κ3) is 5.31. The number of likely N-dealkylation sites (tertiary alicyclic amines) is 1. The van der Waals surface area contributed by atoms with Crippen LogP contribution in [0.25, 0.3) is 0 Å². The summed E-state index contributed by atoms with van der Waals surface area (Å²) in [6.07, 6.45) is 1.21. The number of hydrogen-bond acceptors (Lipinski definition) is 5. The molecule has 3 rings (SSSR count). The Hall–Kier alpha value is -2.38. The molecule has 0 saturated carbocycles. The van der Waals surface area contributed by atoms with Crippen LogP contribution in [0.4, 0.5) is 0 Å². The molecule has 0 N–H and O–H groups in total. The molecule has 0 aliphatic carbocycles. The first kappa shape index (κ1) is 18.4. The van der Waals surface area contributed by atoms with E-state index in [0.29, 0.717) is 19.5 Å². The average molecular weight is 375 g/mol. The number of ether oxygens (including phenoxy) is 1. The van der Waals surface area contributed by atoms with Crippen molar-refractivity contribution in [2.45, 2.75) is 18.9 Å². The fourth-order valence-electron chi connectivity index (χ4n) is 2.88. The quantitative estimate of drug-likeness (QED) is 0.696. The van der Waals surface area contributed by atoms with Gasteiger partial charge in [-0.3, -0.25) is 8.98 Å². The van der Waals surface area contributed by atoms with Gasteiger partial charge < -0.3 is 9.64 Å². The second kappa shape index (κ2) is 7.88. The Morgan fingerprint density at radius 2 is 1.69 bits per heavy atom. The molecule has 1 amide bonds. The Labute approximate surface area is 153 Å². The summed E-state index contributed by atoms with van der Waals surface area (Å²) in [5.74, 6) is 1.45. The van der Waals surface area contributed by atoms with E-state index in [1.807, 2.05) is 54.6 Å². The minimum atomic E-state index is -3.54. The smallest absolute Gasteiger partial charge is 0.264 e. The third-order valence-electron chi connectivity index (χ3n) is 4.06. The molecule has 0 radical (unpaired) electrons. The van der Waals surface area contributed by atoms with Crippen molar-refractivity contribution in [2.24, 2.45) is 0 Å². The van der Waals surface area contributed by atoms with E-state index in [4.69, 9.17) is 8.92 Å². The number of amides is 1. The van der Waals surface area contributed by atoms with Gasteiger partial charge in [0, 0.05) is 13.1 Å². The van der Waals surface area contributed by atoms with Gasteiger partial charge in [0.25, 0.3) is 10.1 Å². The van der Waals surface area contributed by atoms with Crippen LogP contribution in [-0.4, -0.2) is 44.7 Å². The SMILES string of the molecule is CS(=O)(=O)OC1CC(=O)N(CCc2ccc(Oc3ccccc3)cc2)C1. The summed E-state index contributed by atoms with van der Waals surface area (Å²) in [6, 6.07) is 17.2. The van der Waals surface area contributed by atoms with Crippen molar-refractivity contribution in [3.8, 4) is 11.5 Å². The molecule has 0 spiro atoms. The van der Waals surface area contributed by atoms with Gasteiger partial charge in [-0.05, 0) is 36.2 Å². The molecular weight excluding hydrogens is 354 g/mol. The van der Waals surface area contributed by atoms with Crippen LogP contribution in [0.1, 0.15) is 12.0 Å². The summed E-state index contributed by atoms with van der Waals surface area (Å²) >= 11 is 0. The van der Waals surface area contributed by atoms with Gasteiger partial charge in [0.05, 0.1) is 12.7 Å². The predicted octanol–water partition coefficient (Wildman–Crippen LogP) is 2.60. The van der Waals surface area contributed by atoms with Gasteiger partial charge in [-0.1, -0.05) is 30.3 Å². The molecule has 0 bridgehead atoms. The van der Waals surface area contributed by atoms with Crippen molar-refractivity contribution in [3.63, 3.8) is 0 Å². The van der Waals surface area contributed by atoms with Crippen LogP contribution >= 0.6 is 0 Å². The van der Waals surface area contributed by atoms with Crippen LogP contribution in [0.3, 0.4) is 0 Å². The number of carbonyl (C=O) groups excluding carboxylic acids is 1. The van der Waals surface area contributed by atoms with Crippen LogP contribution in [0.2, 0.25) is 0 Å². The maximum atomic E-state index is 12.0. The predicted molar refractivity (Wildman–Crippen MR) is 97.6 cm³/mol. The molecule has 2 aromatic rings. The number of para-hydroxylation sites is 1. The van der Waals surface area contributed by atoms with Crippen LogP contribution < -0.4 is 4.74 Å². The van der Waals surface area contributed by atoms with Crippen LogP contribution in [-0.2, 0) is 25.5 Å². The first-order valence-corrected chi connectivity index (χ1v) is 10.2. The minimum absolute atomic E-state index is 0.0809. The topological polar surface area (TPSA) is 72.9 Å². The monoisotopic (exact) mass is 375 g/mol. The Morgan fingerprint density at radius 1 is 1.04 bits per heavy atom. The van der Waals surface area contributed by atoms with E-state index in [2.05, 4.69) is 0 Å². The molecule has 1 fully saturated rings. The van der Waals surface area contributed by atoms with Gasteiger partial charge >= 0.3 is 0 Å². The maximum absolute atomic E-state index is 12.0. The van der Waals surface area contributed by atoms with Crippen molar-refractivity contribution >= 4 is 16.0 Å². The molecule has 0 aromatic heterocycles. The van der Waals surface area contributed by atoms with Crippen LogP contribution in [0.5, 0.6) is 11.5 Å². The molecule has 1 aliphatic rings. The number of nitrogens with zero attached hydrogens (tertiary/aromatic N) is 1. The maximum Gasteiger partial charge on any atom is 0.264 e. The minimum Gasteiger partial charge on any atom is -0.457 e. The molecular formula is C19H21NO5S. The fraction of sp³-hybridized carbons (Fsp3) is 0.316. The third-order valence-corrected chi connectivity index (χ3v) is 4.68. The summed E-state index contributed by atoms with van der Waals surface area (Å²) in [5, 5.41) is 0. The van der Waals surface area contributed by atoms with E-state index in [1.165, 1.54) is 0 Å². The molecule has 138 valence electrons. The molecule has 1 unspecified atom stereocenters. The van der Waals surface area contributed by atoms with E-state index >= 15 is 0 Å². The van der Waals surface area contributed by atoms with E-state index in [-0.39, 0.29) is 12.3 Å². The highest BCUT2D eigenvalue weighted by Gasteiger charge is 2.32. The highest BCUT2D eigenvalue weighted by molar-refractivity contribution is 7.86. The van der Waals surface area contributed by atoms with Crippen molar-refractivity contribution in [1.82, 2.24) is 4.90 Å². The van der Waals surface area contributed by atoms with Gasteiger partial charge in [-0.2, -0.15) is 8.42 Å². The van der Waals surface area contributed by atoms with E-state index in [1.54, 1.807) is 4.90 Å². The Kier molecular flexibility index (Phi) is 5.58. The van der Waals surface area contributed by atoms with Gasteiger partial charge in [-0.15, -0.1) is 0 Å². The second-order valence-corrected chi connectivity index (χ2v) is 7.88. The molecule has 1 aliphatic heterocycles. The number of rotatable bonds is 7. The van der Waals surface area contributed by atoms with Gasteiger partial charge in [0.2, 0.25) is 5.91 Å².